The lowest BCUT2D eigenvalue weighted by molar-refractivity contribution is 0.0947. The van der Waals surface area contributed by atoms with Crippen molar-refractivity contribution in [3.05, 3.63) is 69.8 Å². The highest BCUT2D eigenvalue weighted by Gasteiger charge is 2.15. The van der Waals surface area contributed by atoms with E-state index < -0.39 is 0 Å². The molecule has 3 aromatic rings. The maximum absolute atomic E-state index is 12.6. The van der Waals surface area contributed by atoms with Crippen molar-refractivity contribution in [2.75, 3.05) is 6.54 Å². The fourth-order valence-electron chi connectivity index (χ4n) is 2.58. The van der Waals surface area contributed by atoms with Gasteiger partial charge in [0.1, 0.15) is 0 Å². The molecule has 0 aliphatic heterocycles. The Morgan fingerprint density at radius 3 is 2.69 bits per heavy atom. The van der Waals surface area contributed by atoms with Crippen LogP contribution >= 0.6 is 22.9 Å². The molecule has 5 nitrogen and oxygen atoms in total. The minimum absolute atomic E-state index is 0.122. The number of hydrogen-bond donors (Lipinski definition) is 3. The number of carbonyl (C=O) groups is 2. The number of benzene rings is 1. The van der Waals surface area contributed by atoms with Gasteiger partial charge in [-0.3, -0.25) is 9.59 Å². The average Bonchev–Trinajstić information content (AvgIpc) is 3.29. The van der Waals surface area contributed by atoms with Crippen molar-refractivity contribution in [1.29, 1.82) is 0 Å². The summed E-state index contributed by atoms with van der Waals surface area (Å²) >= 11 is 7.41. The Labute approximate surface area is 160 Å². The van der Waals surface area contributed by atoms with E-state index in [9.17, 15) is 9.59 Å². The van der Waals surface area contributed by atoms with E-state index in [1.807, 2.05) is 25.1 Å². The molecule has 3 rings (SSSR count). The lowest BCUT2D eigenvalue weighted by atomic mass is 10.1. The van der Waals surface area contributed by atoms with E-state index >= 15 is 0 Å². The van der Waals surface area contributed by atoms with Gasteiger partial charge >= 0.3 is 0 Å². The van der Waals surface area contributed by atoms with Crippen molar-refractivity contribution in [3.63, 3.8) is 0 Å². The van der Waals surface area contributed by atoms with Gasteiger partial charge < -0.3 is 15.6 Å². The molecule has 2 aromatic heterocycles. The zero-order valence-corrected chi connectivity index (χ0v) is 15.7. The molecule has 0 bridgehead atoms. The van der Waals surface area contributed by atoms with Crippen molar-refractivity contribution in [2.45, 2.75) is 13.5 Å². The minimum atomic E-state index is -0.186. The maximum atomic E-state index is 12.6. The van der Waals surface area contributed by atoms with Crippen molar-refractivity contribution >= 4 is 34.8 Å². The maximum Gasteiger partial charge on any atom is 0.253 e. The summed E-state index contributed by atoms with van der Waals surface area (Å²) in [7, 11) is 0. The Morgan fingerprint density at radius 1 is 1.12 bits per heavy atom. The number of aromatic amines is 1. The van der Waals surface area contributed by atoms with E-state index in [4.69, 9.17) is 11.6 Å². The molecule has 0 aliphatic rings. The van der Waals surface area contributed by atoms with Crippen LogP contribution < -0.4 is 10.6 Å². The first-order valence-corrected chi connectivity index (χ1v) is 9.35. The fraction of sp³-hybridized carbons (Fsp3) is 0.158. The topological polar surface area (TPSA) is 74.0 Å². The van der Waals surface area contributed by atoms with E-state index in [1.54, 1.807) is 30.6 Å². The minimum Gasteiger partial charge on any atom is -0.366 e. The summed E-state index contributed by atoms with van der Waals surface area (Å²) in [5.41, 5.74) is 2.81. The highest BCUT2D eigenvalue weighted by atomic mass is 35.5. The number of halogens is 1. The van der Waals surface area contributed by atoms with Crippen LogP contribution in [0.15, 0.2) is 48.8 Å². The van der Waals surface area contributed by atoms with E-state index in [0.717, 1.165) is 16.0 Å². The van der Waals surface area contributed by atoms with Crippen molar-refractivity contribution in [3.8, 4) is 10.4 Å². The van der Waals surface area contributed by atoms with Crippen molar-refractivity contribution in [1.82, 2.24) is 15.6 Å². The highest BCUT2D eigenvalue weighted by molar-refractivity contribution is 7.19. The van der Waals surface area contributed by atoms with Crippen molar-refractivity contribution in [2.24, 2.45) is 0 Å². The van der Waals surface area contributed by atoms with E-state index in [1.165, 1.54) is 11.3 Å². The molecule has 0 fully saturated rings. The van der Waals surface area contributed by atoms with E-state index in [0.29, 0.717) is 28.6 Å². The number of amides is 2. The standard InChI is InChI=1S/C19H18ClN3O2S/c1-2-22-18(24)13-5-3-4-12(8-13)9-23-19(25)15-11-21-10-14(15)16-6-7-17(20)26-16/h3-8,10-11,21H,2,9H2,1H3,(H,22,24)(H,23,25). The molecule has 1 aromatic carbocycles. The summed E-state index contributed by atoms with van der Waals surface area (Å²) in [4.78, 5) is 28.4. The quantitative estimate of drug-likeness (QED) is 0.596. The van der Waals surface area contributed by atoms with Crippen LogP contribution in [0.1, 0.15) is 33.2 Å². The Bertz CT molecular complexity index is 932. The molecular formula is C19H18ClN3O2S. The van der Waals surface area contributed by atoms with Crippen molar-refractivity contribution < 1.29 is 9.59 Å². The van der Waals surface area contributed by atoms with Gasteiger partial charge in [-0.25, -0.2) is 0 Å². The number of aromatic nitrogens is 1. The number of H-pyrrole nitrogens is 1. The van der Waals surface area contributed by atoms with Crippen LogP contribution in [-0.2, 0) is 6.54 Å². The summed E-state index contributed by atoms with van der Waals surface area (Å²) in [6, 6.07) is 10.9. The van der Waals surface area contributed by atoms with E-state index in [-0.39, 0.29) is 11.8 Å². The molecule has 0 saturated heterocycles. The van der Waals surface area contributed by atoms with Gasteiger partial charge in [-0.15, -0.1) is 11.3 Å². The first-order valence-electron chi connectivity index (χ1n) is 8.16. The molecule has 3 N–H and O–H groups in total. The van der Waals surface area contributed by atoms with Crippen LogP contribution in [0.5, 0.6) is 0 Å². The third-order valence-corrected chi connectivity index (χ3v) is 5.07. The molecule has 0 saturated carbocycles. The molecule has 2 amide bonds. The number of thiophene rings is 1. The third-order valence-electron chi connectivity index (χ3n) is 3.81. The molecule has 0 radical (unpaired) electrons. The summed E-state index contributed by atoms with van der Waals surface area (Å²) in [5.74, 6) is -0.308. The van der Waals surface area contributed by atoms with Crippen LogP contribution in [-0.4, -0.2) is 23.3 Å². The van der Waals surface area contributed by atoms with Crippen LogP contribution in [0.25, 0.3) is 10.4 Å². The fourth-order valence-corrected chi connectivity index (χ4v) is 3.65. The Balaban J connectivity index is 1.70. The predicted molar refractivity (Wildman–Crippen MR) is 105 cm³/mol. The average molecular weight is 388 g/mol. The first-order chi connectivity index (χ1) is 12.6. The lowest BCUT2D eigenvalue weighted by Gasteiger charge is -2.08. The van der Waals surface area contributed by atoms with Gasteiger partial charge in [-0.05, 0) is 36.8 Å². The molecular weight excluding hydrogens is 370 g/mol. The zero-order chi connectivity index (χ0) is 18.5. The largest absolute Gasteiger partial charge is 0.366 e. The molecule has 0 atom stereocenters. The second-order valence-corrected chi connectivity index (χ2v) is 7.34. The summed E-state index contributed by atoms with van der Waals surface area (Å²) in [6.07, 6.45) is 3.45. The molecule has 0 spiro atoms. The third kappa shape index (κ3) is 4.15. The number of carbonyl (C=O) groups excluding carboxylic acids is 2. The molecule has 2 heterocycles. The molecule has 26 heavy (non-hydrogen) atoms. The first kappa shape index (κ1) is 18.2. The number of rotatable bonds is 6. The van der Waals surface area contributed by atoms with Gasteiger partial charge in [0.25, 0.3) is 11.8 Å². The number of hydrogen-bond acceptors (Lipinski definition) is 3. The normalized spacial score (nSPS) is 10.5. The number of nitrogens with one attached hydrogen (secondary N) is 3. The zero-order valence-electron chi connectivity index (χ0n) is 14.1. The summed E-state index contributed by atoms with van der Waals surface area (Å²) < 4.78 is 0.676. The Kier molecular flexibility index (Phi) is 5.75. The van der Waals surface area contributed by atoms with Crippen LogP contribution in [0.4, 0.5) is 0 Å². The van der Waals surface area contributed by atoms with Crippen LogP contribution in [0, 0.1) is 0 Å². The summed E-state index contributed by atoms with van der Waals surface area (Å²) in [6.45, 7) is 2.78. The van der Waals surface area contributed by atoms with Gasteiger partial charge in [0.05, 0.1) is 9.90 Å². The molecule has 0 unspecified atom stereocenters. The summed E-state index contributed by atoms with van der Waals surface area (Å²) in [5, 5.41) is 5.66. The van der Waals surface area contributed by atoms with Gasteiger partial charge in [0, 0.05) is 41.5 Å². The highest BCUT2D eigenvalue weighted by Crippen LogP contribution is 2.33. The van der Waals surface area contributed by atoms with Gasteiger partial charge in [-0.2, -0.15) is 0 Å². The van der Waals surface area contributed by atoms with Crippen LogP contribution in [0.3, 0.4) is 0 Å². The Morgan fingerprint density at radius 2 is 1.96 bits per heavy atom. The van der Waals surface area contributed by atoms with Gasteiger partial charge in [0.15, 0.2) is 0 Å². The van der Waals surface area contributed by atoms with E-state index in [2.05, 4.69) is 15.6 Å². The van der Waals surface area contributed by atoms with Gasteiger partial charge in [-0.1, -0.05) is 23.7 Å². The van der Waals surface area contributed by atoms with Crippen LogP contribution in [0.2, 0.25) is 4.34 Å². The van der Waals surface area contributed by atoms with Gasteiger partial charge in [0.2, 0.25) is 0 Å². The second-order valence-electron chi connectivity index (χ2n) is 5.63. The SMILES string of the molecule is CCNC(=O)c1cccc(CNC(=O)c2c[nH]cc2-c2ccc(Cl)s2)c1. The molecule has 134 valence electrons. The predicted octanol–water partition coefficient (Wildman–Crippen LogP) is 4.08. The molecule has 0 aliphatic carbocycles. The smallest absolute Gasteiger partial charge is 0.253 e. The second kappa shape index (κ2) is 8.21. The molecule has 7 heteroatoms. The Hall–Kier alpha value is -2.57. The lowest BCUT2D eigenvalue weighted by Crippen LogP contribution is -2.24. The monoisotopic (exact) mass is 387 g/mol.